The quantitative estimate of drug-likeness (QED) is 0.0431. The van der Waals surface area contributed by atoms with Crippen LogP contribution < -0.4 is 0 Å². The van der Waals surface area contributed by atoms with Crippen LogP contribution in [-0.2, 0) is 38.4 Å². The lowest BCUT2D eigenvalue weighted by atomic mass is 9.61. The topological polar surface area (TPSA) is 150 Å². The van der Waals surface area contributed by atoms with Crippen LogP contribution in [0.5, 0.6) is 0 Å². The summed E-state index contributed by atoms with van der Waals surface area (Å²) in [6.07, 6.45) is 80.3. The smallest absolute Gasteiger partial charge is 0.253 e. The molecule has 2 saturated heterocycles. The van der Waals surface area contributed by atoms with Crippen molar-refractivity contribution < 1.29 is 38.4 Å². The second-order valence-electron chi connectivity index (χ2n) is 34.9. The highest BCUT2D eigenvalue weighted by Crippen LogP contribution is 2.51. The molecular weight excluding hydrogens is 1290 g/mol. The third kappa shape index (κ3) is 29.1. The lowest BCUT2D eigenvalue weighted by molar-refractivity contribution is -0.141. The summed E-state index contributed by atoms with van der Waals surface area (Å²) in [5.74, 6) is 3.91. The van der Waals surface area contributed by atoms with Crippen LogP contribution in [-0.4, -0.2) is 93.0 Å². The number of fused-ring (bicyclic) bond motifs is 2. The molecule has 0 bridgehead atoms. The molecule has 3 saturated carbocycles. The predicted octanol–water partition coefficient (Wildman–Crippen LogP) is 23.5. The van der Waals surface area contributed by atoms with Crippen LogP contribution in [0, 0.1) is 71.0 Å². The van der Waals surface area contributed by atoms with Crippen molar-refractivity contribution in [1.29, 1.82) is 0 Å². The van der Waals surface area contributed by atoms with Crippen molar-refractivity contribution in [2.24, 2.45) is 71.0 Å². The first-order valence-electron chi connectivity index (χ1n) is 45.7. The zero-order chi connectivity index (χ0) is 73.9. The van der Waals surface area contributed by atoms with E-state index in [0.717, 1.165) is 112 Å². The molecule has 0 aromatic rings. The average molecular weight is 1450 g/mol. The van der Waals surface area contributed by atoms with E-state index in [9.17, 15) is 38.4 Å². The van der Waals surface area contributed by atoms with E-state index in [-0.39, 0.29) is 47.3 Å². The first-order chi connectivity index (χ1) is 50.9. The van der Waals surface area contributed by atoms with E-state index in [0.29, 0.717) is 39.0 Å². The number of hydrogen-bond acceptors (Lipinski definition) is 8. The lowest BCUT2D eigenvalue weighted by Crippen LogP contribution is -2.35. The standard InChI is InChI=1S/C92H156N4O8/c1-5-9-13-17-31-43-55-77-73(51-39-15-11-7-3)59-61-75(53-41-29-21-19-20-25-35-47-67-93-85(97)63-64-86(93)98)79(77)58-46-34-24-28-38-50-70-96-91(103)83-71-81-82(72-84(83)92(96)104)90(102)95(89(81)101)69-49-37-26-22-30-42-54-76-62-60-74(52-40-16-12-8-4)78(56-44-32-18-14-10-6-2)80(76)57-45-33-23-27-36-48-68-94-87(99)65-66-88(94)100/h63-66,73-84H,5-62,67-72H2,1-4H3. The van der Waals surface area contributed by atoms with E-state index in [1.165, 1.54) is 352 Å². The third-order valence-electron chi connectivity index (χ3n) is 27.4. The van der Waals surface area contributed by atoms with E-state index in [2.05, 4.69) is 27.7 Å². The fourth-order valence-electron chi connectivity index (χ4n) is 21.2. The van der Waals surface area contributed by atoms with E-state index in [4.69, 9.17) is 0 Å². The highest BCUT2D eigenvalue weighted by Gasteiger charge is 2.59. The summed E-state index contributed by atoms with van der Waals surface area (Å²) < 4.78 is 0. The van der Waals surface area contributed by atoms with Crippen molar-refractivity contribution >= 4 is 47.3 Å². The second kappa shape index (κ2) is 51.4. The van der Waals surface area contributed by atoms with Crippen molar-refractivity contribution in [3.63, 3.8) is 0 Å². The molecule has 0 aromatic carbocycles. The number of amides is 8. The molecule has 4 aliphatic heterocycles. The molecule has 8 amide bonds. The van der Waals surface area contributed by atoms with Crippen molar-refractivity contribution in [1.82, 2.24) is 19.6 Å². The summed E-state index contributed by atoms with van der Waals surface area (Å²) >= 11 is 0. The van der Waals surface area contributed by atoms with Crippen LogP contribution in [0.3, 0.4) is 0 Å². The highest BCUT2D eigenvalue weighted by atomic mass is 16.2. The van der Waals surface area contributed by atoms with Crippen LogP contribution >= 0.6 is 0 Å². The number of hydrogen-bond donors (Lipinski definition) is 0. The van der Waals surface area contributed by atoms with E-state index in [1.807, 2.05) is 0 Å². The van der Waals surface area contributed by atoms with Crippen LogP contribution in [0.2, 0.25) is 0 Å². The SMILES string of the molecule is CCCCCCCCC1C(CCCCCC)CCC(CCCCCCCCN2C(=O)C3CC4C(=O)N(CCCCCCCCC5C(CCCCCCCCCCN6C(=O)C=CC6=O)CCC(CCCCCC)C5CCCCCCCC)C(=O)C4CC3C2=O)C1CCCCCCCCN1C(=O)C=CC1=O. The van der Waals surface area contributed by atoms with E-state index >= 15 is 0 Å². The molecule has 7 rings (SSSR count). The van der Waals surface area contributed by atoms with Gasteiger partial charge in [-0.25, -0.2) is 0 Å². The number of carbonyl (C=O) groups excluding carboxylic acids is 8. The van der Waals surface area contributed by atoms with Gasteiger partial charge in [0.1, 0.15) is 0 Å². The maximum Gasteiger partial charge on any atom is 0.253 e. The Balaban J connectivity index is 0.790. The molecule has 0 spiro atoms. The molecule has 104 heavy (non-hydrogen) atoms. The Labute approximate surface area is 636 Å². The Hall–Kier alpha value is -3.96. The zero-order valence-corrected chi connectivity index (χ0v) is 67.5. The number of rotatable bonds is 62. The van der Waals surface area contributed by atoms with Gasteiger partial charge in [-0.15, -0.1) is 0 Å². The number of nitrogens with zero attached hydrogens (tertiary/aromatic N) is 4. The van der Waals surface area contributed by atoms with Gasteiger partial charge in [0, 0.05) is 50.5 Å². The maximum atomic E-state index is 14.0. The summed E-state index contributed by atoms with van der Waals surface area (Å²) in [5.41, 5.74) is 0. The van der Waals surface area contributed by atoms with Crippen molar-refractivity contribution in [3.8, 4) is 0 Å². The van der Waals surface area contributed by atoms with Gasteiger partial charge < -0.3 is 0 Å². The molecule has 592 valence electrons. The Kier molecular flexibility index (Phi) is 43.2. The van der Waals surface area contributed by atoms with Crippen molar-refractivity contribution in [2.45, 2.75) is 413 Å². The lowest BCUT2D eigenvalue weighted by Gasteiger charge is -2.44. The van der Waals surface area contributed by atoms with Gasteiger partial charge in [0.25, 0.3) is 23.6 Å². The van der Waals surface area contributed by atoms with Gasteiger partial charge >= 0.3 is 0 Å². The van der Waals surface area contributed by atoms with Gasteiger partial charge in [-0.05, 0) is 137 Å². The highest BCUT2D eigenvalue weighted by molar-refractivity contribution is 6.13. The molecule has 12 heteroatoms. The third-order valence-corrected chi connectivity index (χ3v) is 27.4. The summed E-state index contributed by atoms with van der Waals surface area (Å²) in [4.78, 5) is 110. The maximum absolute atomic E-state index is 14.0. The van der Waals surface area contributed by atoms with Gasteiger partial charge in [0.05, 0.1) is 23.7 Å². The van der Waals surface area contributed by atoms with E-state index in [1.54, 1.807) is 0 Å². The van der Waals surface area contributed by atoms with Gasteiger partial charge in [-0.2, -0.15) is 0 Å². The minimum Gasteiger partial charge on any atom is -0.282 e. The minimum absolute atomic E-state index is 0.100. The molecule has 5 fully saturated rings. The Morgan fingerprint density at radius 3 is 0.615 bits per heavy atom. The molecule has 4 heterocycles. The predicted molar refractivity (Wildman–Crippen MR) is 427 cm³/mol. The Morgan fingerprint density at radius 1 is 0.221 bits per heavy atom. The molecule has 0 aromatic heterocycles. The van der Waals surface area contributed by atoms with Gasteiger partial charge in [-0.1, -0.05) is 323 Å². The van der Waals surface area contributed by atoms with Crippen LogP contribution in [0.25, 0.3) is 0 Å². The first kappa shape index (κ1) is 87.3. The van der Waals surface area contributed by atoms with Crippen molar-refractivity contribution in [3.05, 3.63) is 24.3 Å². The number of imide groups is 4. The van der Waals surface area contributed by atoms with Crippen molar-refractivity contribution in [2.75, 3.05) is 26.2 Å². The molecule has 12 atom stereocenters. The molecule has 0 N–H and O–H groups in total. The number of likely N-dealkylation sites (tertiary alicyclic amines) is 2. The minimum atomic E-state index is -0.473. The molecule has 3 aliphatic carbocycles. The normalized spacial score (nSPS) is 25.6. The molecule has 0 radical (unpaired) electrons. The molecule has 12 nitrogen and oxygen atoms in total. The van der Waals surface area contributed by atoms with Crippen LogP contribution in [0.4, 0.5) is 0 Å². The number of unbranched alkanes of at least 4 members (excludes halogenated alkanes) is 38. The number of carbonyl (C=O) groups is 8. The Bertz CT molecular complexity index is 2470. The summed E-state index contributed by atoms with van der Waals surface area (Å²) in [7, 11) is 0. The second-order valence-corrected chi connectivity index (χ2v) is 34.9. The van der Waals surface area contributed by atoms with Gasteiger partial charge in [0.15, 0.2) is 0 Å². The summed E-state index contributed by atoms with van der Waals surface area (Å²) in [6.45, 7) is 11.3. The average Bonchev–Trinajstić information content (AvgIpc) is 1.62. The summed E-state index contributed by atoms with van der Waals surface area (Å²) in [5, 5.41) is 0. The molecular formula is C92H156N4O8. The monoisotopic (exact) mass is 1450 g/mol. The van der Waals surface area contributed by atoms with Gasteiger partial charge in [0.2, 0.25) is 23.6 Å². The van der Waals surface area contributed by atoms with Crippen LogP contribution in [0.1, 0.15) is 413 Å². The largest absolute Gasteiger partial charge is 0.282 e. The Morgan fingerprint density at radius 2 is 0.394 bits per heavy atom. The fraction of sp³-hybridized carbons (Fsp3) is 0.870. The van der Waals surface area contributed by atoms with Gasteiger partial charge in [-0.3, -0.25) is 58.0 Å². The van der Waals surface area contributed by atoms with E-state index < -0.39 is 23.7 Å². The summed E-state index contributed by atoms with van der Waals surface area (Å²) in [6, 6.07) is 0. The molecule has 12 unspecified atom stereocenters. The zero-order valence-electron chi connectivity index (χ0n) is 67.5. The van der Waals surface area contributed by atoms with Crippen LogP contribution in [0.15, 0.2) is 24.3 Å². The molecule has 7 aliphatic rings. The fourth-order valence-corrected chi connectivity index (χ4v) is 21.2. The first-order valence-corrected chi connectivity index (χ1v) is 45.7.